The fourth-order valence-electron chi connectivity index (χ4n) is 1.43. The number of nitrogens with two attached hydrogens (primary N) is 1. The number of thioether (sulfide) groups is 1. The number of carbonyl (C=O) groups excluding carboxylic acids is 1. The number of carbonyl (C=O) groups is 1. The Morgan fingerprint density at radius 2 is 2.38 bits per heavy atom. The summed E-state index contributed by atoms with van der Waals surface area (Å²) in [6, 6.07) is 0.707. The van der Waals surface area contributed by atoms with Crippen molar-refractivity contribution in [3.63, 3.8) is 0 Å². The van der Waals surface area contributed by atoms with Crippen molar-refractivity contribution in [2.24, 2.45) is 5.73 Å². The summed E-state index contributed by atoms with van der Waals surface area (Å²) in [6.07, 6.45) is 3.80. The lowest BCUT2D eigenvalue weighted by Gasteiger charge is -2.09. The van der Waals surface area contributed by atoms with Gasteiger partial charge in [0.15, 0.2) is 0 Å². The van der Waals surface area contributed by atoms with Crippen LogP contribution in [0.5, 0.6) is 0 Å². The van der Waals surface area contributed by atoms with Gasteiger partial charge in [-0.3, -0.25) is 4.79 Å². The first-order valence-corrected chi connectivity index (χ1v) is 6.04. The van der Waals surface area contributed by atoms with Crippen molar-refractivity contribution < 1.29 is 4.79 Å². The third-order valence-electron chi connectivity index (χ3n) is 2.21. The van der Waals surface area contributed by atoms with E-state index >= 15 is 0 Å². The molecule has 4 heteroatoms. The quantitative estimate of drug-likeness (QED) is 0.625. The number of amides is 1. The summed E-state index contributed by atoms with van der Waals surface area (Å²) < 4.78 is 0. The molecule has 1 unspecified atom stereocenters. The van der Waals surface area contributed by atoms with E-state index in [2.05, 4.69) is 5.32 Å². The predicted molar refractivity (Wildman–Crippen MR) is 56.8 cm³/mol. The number of rotatable bonds is 6. The van der Waals surface area contributed by atoms with Gasteiger partial charge in [-0.15, -0.1) is 0 Å². The van der Waals surface area contributed by atoms with Gasteiger partial charge in [0.25, 0.3) is 0 Å². The molecule has 1 aliphatic heterocycles. The molecular weight excluding hydrogens is 184 g/mol. The number of nitrogens with one attached hydrogen (secondary N) is 1. The zero-order chi connectivity index (χ0) is 9.52. The number of unbranched alkanes of at least 4 members (excludes halogenated alkanes) is 1. The maximum Gasteiger partial charge on any atom is 0.217 e. The maximum absolute atomic E-state index is 10.4. The molecule has 0 spiro atoms. The topological polar surface area (TPSA) is 55.1 Å². The van der Waals surface area contributed by atoms with Crippen LogP contribution >= 0.6 is 11.8 Å². The molecule has 0 radical (unpaired) electrons. The van der Waals surface area contributed by atoms with Gasteiger partial charge in [0.2, 0.25) is 5.91 Å². The molecule has 0 aromatic rings. The minimum atomic E-state index is -0.184. The van der Waals surface area contributed by atoms with E-state index in [1.807, 2.05) is 11.8 Å². The second kappa shape index (κ2) is 6.27. The van der Waals surface area contributed by atoms with Gasteiger partial charge in [-0.2, -0.15) is 11.8 Å². The highest BCUT2D eigenvalue weighted by molar-refractivity contribution is 7.99. The number of primary amides is 1. The van der Waals surface area contributed by atoms with E-state index in [1.54, 1.807) is 0 Å². The third-order valence-corrected chi connectivity index (χ3v) is 3.38. The van der Waals surface area contributed by atoms with Crippen molar-refractivity contribution in [1.29, 1.82) is 0 Å². The highest BCUT2D eigenvalue weighted by Crippen LogP contribution is 2.16. The van der Waals surface area contributed by atoms with E-state index in [4.69, 9.17) is 5.73 Å². The second-order valence-corrected chi connectivity index (χ2v) is 4.59. The molecule has 0 aromatic carbocycles. The second-order valence-electron chi connectivity index (χ2n) is 3.44. The van der Waals surface area contributed by atoms with Crippen LogP contribution in [-0.2, 0) is 4.79 Å². The van der Waals surface area contributed by atoms with Crippen LogP contribution in [0.25, 0.3) is 0 Å². The molecule has 1 saturated heterocycles. The first-order chi connectivity index (χ1) is 6.29. The zero-order valence-electron chi connectivity index (χ0n) is 7.92. The summed E-state index contributed by atoms with van der Waals surface area (Å²) in [5.41, 5.74) is 5.03. The summed E-state index contributed by atoms with van der Waals surface area (Å²) in [4.78, 5) is 10.4. The lowest BCUT2D eigenvalue weighted by atomic mass is 10.2. The average molecular weight is 202 g/mol. The molecule has 1 atom stereocenters. The normalized spacial score (nSPS) is 22.0. The van der Waals surface area contributed by atoms with Crippen LogP contribution in [0, 0.1) is 0 Å². The van der Waals surface area contributed by atoms with Crippen LogP contribution in [0.1, 0.15) is 25.7 Å². The molecule has 1 aliphatic rings. The summed E-state index contributed by atoms with van der Waals surface area (Å²) in [5, 5.41) is 3.48. The Labute approximate surface area is 83.8 Å². The average Bonchev–Trinajstić information content (AvgIpc) is 2.55. The van der Waals surface area contributed by atoms with E-state index in [0.717, 1.165) is 19.4 Å². The van der Waals surface area contributed by atoms with E-state index < -0.39 is 0 Å². The molecule has 1 rings (SSSR count). The highest BCUT2D eigenvalue weighted by atomic mass is 32.2. The van der Waals surface area contributed by atoms with Gasteiger partial charge >= 0.3 is 0 Å². The lowest BCUT2D eigenvalue weighted by Crippen LogP contribution is -2.29. The summed E-state index contributed by atoms with van der Waals surface area (Å²) in [6.45, 7) is 1.03. The van der Waals surface area contributed by atoms with Crippen LogP contribution in [0.3, 0.4) is 0 Å². The standard InChI is InChI=1S/C9H18N2OS/c10-9(12)3-1-2-5-11-8-4-6-13-7-8/h8,11H,1-7H2,(H2,10,12). The van der Waals surface area contributed by atoms with Crippen molar-refractivity contribution in [2.45, 2.75) is 31.7 Å². The Hall–Kier alpha value is -0.220. The Balaban J connectivity index is 1.86. The van der Waals surface area contributed by atoms with Gasteiger partial charge in [0.05, 0.1) is 0 Å². The van der Waals surface area contributed by atoms with Crippen molar-refractivity contribution >= 4 is 17.7 Å². The van der Waals surface area contributed by atoms with Gasteiger partial charge in [0.1, 0.15) is 0 Å². The molecule has 0 aromatic heterocycles. The first kappa shape index (κ1) is 10.9. The molecular formula is C9H18N2OS. The Kier molecular flexibility index (Phi) is 5.23. The van der Waals surface area contributed by atoms with Crippen molar-refractivity contribution in [3.8, 4) is 0 Å². The van der Waals surface area contributed by atoms with Gasteiger partial charge in [0, 0.05) is 18.2 Å². The molecule has 0 aliphatic carbocycles. The predicted octanol–water partition coefficient (Wildman–Crippen LogP) is 0.737. The largest absolute Gasteiger partial charge is 0.370 e. The van der Waals surface area contributed by atoms with Gasteiger partial charge in [-0.1, -0.05) is 0 Å². The van der Waals surface area contributed by atoms with E-state index in [9.17, 15) is 4.79 Å². The SMILES string of the molecule is NC(=O)CCCCNC1CCSC1. The van der Waals surface area contributed by atoms with Crippen LogP contribution < -0.4 is 11.1 Å². The van der Waals surface area contributed by atoms with Crippen LogP contribution in [-0.4, -0.2) is 30.0 Å². The van der Waals surface area contributed by atoms with E-state index in [-0.39, 0.29) is 5.91 Å². The molecule has 1 amide bonds. The summed E-state index contributed by atoms with van der Waals surface area (Å²) in [7, 11) is 0. The van der Waals surface area contributed by atoms with Crippen LogP contribution in [0.2, 0.25) is 0 Å². The molecule has 76 valence electrons. The fraction of sp³-hybridized carbons (Fsp3) is 0.889. The van der Waals surface area contributed by atoms with Crippen LogP contribution in [0.15, 0.2) is 0 Å². The summed E-state index contributed by atoms with van der Waals surface area (Å²) in [5.74, 6) is 2.35. The molecule has 13 heavy (non-hydrogen) atoms. The van der Waals surface area contributed by atoms with Crippen LogP contribution in [0.4, 0.5) is 0 Å². The number of hydrogen-bond donors (Lipinski definition) is 2. The molecule has 0 saturated carbocycles. The van der Waals surface area contributed by atoms with Gasteiger partial charge < -0.3 is 11.1 Å². The maximum atomic E-state index is 10.4. The number of hydrogen-bond acceptors (Lipinski definition) is 3. The summed E-state index contributed by atoms with van der Waals surface area (Å²) >= 11 is 2.01. The Morgan fingerprint density at radius 3 is 3.00 bits per heavy atom. The minimum absolute atomic E-state index is 0.184. The third kappa shape index (κ3) is 5.16. The first-order valence-electron chi connectivity index (χ1n) is 4.88. The van der Waals surface area contributed by atoms with Crippen molar-refractivity contribution in [2.75, 3.05) is 18.1 Å². The zero-order valence-corrected chi connectivity index (χ0v) is 8.74. The van der Waals surface area contributed by atoms with Crippen molar-refractivity contribution in [3.05, 3.63) is 0 Å². The molecule has 3 N–H and O–H groups in total. The smallest absolute Gasteiger partial charge is 0.217 e. The Morgan fingerprint density at radius 1 is 1.54 bits per heavy atom. The van der Waals surface area contributed by atoms with Crippen molar-refractivity contribution in [1.82, 2.24) is 5.32 Å². The Bertz CT molecular complexity index is 158. The monoisotopic (exact) mass is 202 g/mol. The lowest BCUT2D eigenvalue weighted by molar-refractivity contribution is -0.118. The molecule has 3 nitrogen and oxygen atoms in total. The molecule has 1 heterocycles. The van der Waals surface area contributed by atoms with E-state index in [0.29, 0.717) is 12.5 Å². The molecule has 1 fully saturated rings. The van der Waals surface area contributed by atoms with Gasteiger partial charge in [-0.05, 0) is 31.6 Å². The molecule has 0 bridgehead atoms. The van der Waals surface area contributed by atoms with Gasteiger partial charge in [-0.25, -0.2) is 0 Å². The highest BCUT2D eigenvalue weighted by Gasteiger charge is 2.13. The van der Waals surface area contributed by atoms with E-state index in [1.165, 1.54) is 17.9 Å². The fourth-order valence-corrected chi connectivity index (χ4v) is 2.61. The minimum Gasteiger partial charge on any atom is -0.370 e.